The highest BCUT2D eigenvalue weighted by atomic mass is 32.2. The van der Waals surface area contributed by atoms with Crippen molar-refractivity contribution in [1.29, 1.82) is 0 Å². The standard InChI is InChI=1S/C11H17N3OS/c1-11(2)8-14(5-6-16-11)10-4-3-9(7-15)12-13-10/h3-4,15H,5-8H2,1-2H3. The minimum Gasteiger partial charge on any atom is -0.390 e. The monoisotopic (exact) mass is 239 g/mol. The number of aliphatic hydroxyl groups excluding tert-OH is 1. The van der Waals surface area contributed by atoms with E-state index in [1.54, 1.807) is 0 Å². The van der Waals surface area contributed by atoms with E-state index >= 15 is 0 Å². The molecule has 1 N–H and O–H groups in total. The Bertz CT molecular complexity index is 353. The summed E-state index contributed by atoms with van der Waals surface area (Å²) in [5.41, 5.74) is 0.620. The van der Waals surface area contributed by atoms with Crippen molar-refractivity contribution in [3.63, 3.8) is 0 Å². The lowest BCUT2D eigenvalue weighted by Crippen LogP contribution is -2.43. The predicted molar refractivity (Wildman–Crippen MR) is 66.7 cm³/mol. The van der Waals surface area contributed by atoms with E-state index in [-0.39, 0.29) is 11.4 Å². The van der Waals surface area contributed by atoms with Gasteiger partial charge in [0.05, 0.1) is 12.3 Å². The summed E-state index contributed by atoms with van der Waals surface area (Å²) < 4.78 is 0.273. The average Bonchev–Trinajstić information content (AvgIpc) is 2.28. The molecule has 0 atom stereocenters. The van der Waals surface area contributed by atoms with Gasteiger partial charge in [0.1, 0.15) is 0 Å². The van der Waals surface area contributed by atoms with Gasteiger partial charge in [-0.3, -0.25) is 0 Å². The highest BCUT2D eigenvalue weighted by molar-refractivity contribution is 8.00. The zero-order valence-corrected chi connectivity index (χ0v) is 10.5. The highest BCUT2D eigenvalue weighted by Crippen LogP contribution is 2.31. The number of nitrogens with zero attached hydrogens (tertiary/aromatic N) is 3. The van der Waals surface area contributed by atoms with Gasteiger partial charge in [-0.05, 0) is 26.0 Å². The summed E-state index contributed by atoms with van der Waals surface area (Å²) in [6.07, 6.45) is 0. The molecule has 0 amide bonds. The minimum atomic E-state index is -0.0470. The molecule has 0 radical (unpaired) electrons. The predicted octanol–water partition coefficient (Wildman–Crippen LogP) is 1.30. The zero-order chi connectivity index (χ0) is 11.6. The molecule has 0 bridgehead atoms. The van der Waals surface area contributed by atoms with Crippen molar-refractivity contribution in [3.8, 4) is 0 Å². The van der Waals surface area contributed by atoms with Crippen LogP contribution in [-0.4, -0.2) is 38.9 Å². The van der Waals surface area contributed by atoms with E-state index in [9.17, 15) is 0 Å². The van der Waals surface area contributed by atoms with Gasteiger partial charge in [-0.1, -0.05) is 0 Å². The van der Waals surface area contributed by atoms with Crippen LogP contribution in [0.15, 0.2) is 12.1 Å². The van der Waals surface area contributed by atoms with Gasteiger partial charge >= 0.3 is 0 Å². The van der Waals surface area contributed by atoms with Crippen molar-refractivity contribution in [2.24, 2.45) is 0 Å². The fourth-order valence-corrected chi connectivity index (χ4v) is 2.93. The maximum absolute atomic E-state index is 8.90. The van der Waals surface area contributed by atoms with Crippen LogP contribution in [-0.2, 0) is 6.61 Å². The molecule has 1 aliphatic rings. The van der Waals surface area contributed by atoms with Gasteiger partial charge in [0.15, 0.2) is 5.82 Å². The molecule has 1 aromatic heterocycles. The van der Waals surface area contributed by atoms with Crippen molar-refractivity contribution in [3.05, 3.63) is 17.8 Å². The average molecular weight is 239 g/mol. The zero-order valence-electron chi connectivity index (χ0n) is 9.68. The van der Waals surface area contributed by atoms with Crippen molar-refractivity contribution in [2.45, 2.75) is 25.2 Å². The lowest BCUT2D eigenvalue weighted by molar-refractivity contribution is 0.275. The molecular formula is C11H17N3OS. The van der Waals surface area contributed by atoms with Gasteiger partial charge in [-0.2, -0.15) is 16.9 Å². The van der Waals surface area contributed by atoms with Crippen LogP contribution in [0.25, 0.3) is 0 Å². The third kappa shape index (κ3) is 2.65. The van der Waals surface area contributed by atoms with Crippen LogP contribution in [0.2, 0.25) is 0 Å². The third-order valence-corrected chi connectivity index (χ3v) is 3.91. The molecule has 1 fully saturated rings. The number of hydrogen-bond acceptors (Lipinski definition) is 5. The maximum Gasteiger partial charge on any atom is 0.151 e. The summed E-state index contributed by atoms with van der Waals surface area (Å²) in [5.74, 6) is 2.03. The van der Waals surface area contributed by atoms with E-state index in [2.05, 4.69) is 28.9 Å². The van der Waals surface area contributed by atoms with Crippen LogP contribution in [0.4, 0.5) is 5.82 Å². The van der Waals surface area contributed by atoms with E-state index in [1.807, 2.05) is 23.9 Å². The van der Waals surface area contributed by atoms with Gasteiger partial charge < -0.3 is 10.0 Å². The second-order valence-corrected chi connectivity index (χ2v) is 6.37. The fraction of sp³-hybridized carbons (Fsp3) is 0.636. The Morgan fingerprint density at radius 3 is 2.81 bits per heavy atom. The summed E-state index contributed by atoms with van der Waals surface area (Å²) in [6.45, 7) is 6.46. The molecule has 0 spiro atoms. The molecule has 1 saturated heterocycles. The summed E-state index contributed by atoms with van der Waals surface area (Å²) >= 11 is 2.00. The normalized spacial score (nSPS) is 19.8. The first-order valence-electron chi connectivity index (χ1n) is 5.43. The quantitative estimate of drug-likeness (QED) is 0.843. The molecule has 0 unspecified atom stereocenters. The smallest absolute Gasteiger partial charge is 0.151 e. The molecule has 0 aromatic carbocycles. The number of hydrogen-bond donors (Lipinski definition) is 1. The first-order chi connectivity index (χ1) is 7.61. The topological polar surface area (TPSA) is 49.2 Å². The van der Waals surface area contributed by atoms with E-state index in [1.165, 1.54) is 0 Å². The number of thioether (sulfide) groups is 1. The first kappa shape index (κ1) is 11.7. The van der Waals surface area contributed by atoms with Gasteiger partial charge in [0.25, 0.3) is 0 Å². The Kier molecular flexibility index (Phi) is 3.35. The van der Waals surface area contributed by atoms with E-state index < -0.39 is 0 Å². The van der Waals surface area contributed by atoms with Crippen LogP contribution < -0.4 is 4.90 Å². The van der Waals surface area contributed by atoms with Crippen LogP contribution in [0.3, 0.4) is 0 Å². The molecule has 1 aromatic rings. The van der Waals surface area contributed by atoms with Crippen LogP contribution in [0.1, 0.15) is 19.5 Å². The highest BCUT2D eigenvalue weighted by Gasteiger charge is 2.27. The molecule has 16 heavy (non-hydrogen) atoms. The summed E-state index contributed by atoms with van der Waals surface area (Å²) in [4.78, 5) is 2.25. The van der Waals surface area contributed by atoms with Crippen molar-refractivity contribution in [2.75, 3.05) is 23.7 Å². The maximum atomic E-state index is 8.90. The van der Waals surface area contributed by atoms with Crippen molar-refractivity contribution < 1.29 is 5.11 Å². The second-order valence-electron chi connectivity index (χ2n) is 4.57. The number of aromatic nitrogens is 2. The van der Waals surface area contributed by atoms with Crippen LogP contribution in [0, 0.1) is 0 Å². The van der Waals surface area contributed by atoms with E-state index in [0.29, 0.717) is 5.69 Å². The molecule has 0 saturated carbocycles. The summed E-state index contributed by atoms with van der Waals surface area (Å²) in [6, 6.07) is 3.77. The van der Waals surface area contributed by atoms with Crippen LogP contribution >= 0.6 is 11.8 Å². The number of aliphatic hydroxyl groups is 1. The summed E-state index contributed by atoms with van der Waals surface area (Å²) in [7, 11) is 0. The Hall–Kier alpha value is -0.810. The molecule has 5 heteroatoms. The lowest BCUT2D eigenvalue weighted by Gasteiger charge is -2.37. The fourth-order valence-electron chi connectivity index (χ4n) is 1.82. The van der Waals surface area contributed by atoms with Gasteiger partial charge in [0.2, 0.25) is 0 Å². The Balaban J connectivity index is 2.11. The Morgan fingerprint density at radius 1 is 1.44 bits per heavy atom. The Morgan fingerprint density at radius 2 is 2.25 bits per heavy atom. The van der Waals surface area contributed by atoms with Gasteiger partial charge in [0, 0.05) is 23.6 Å². The largest absolute Gasteiger partial charge is 0.390 e. The minimum absolute atomic E-state index is 0.0470. The van der Waals surface area contributed by atoms with Gasteiger partial charge in [-0.25, -0.2) is 0 Å². The first-order valence-corrected chi connectivity index (χ1v) is 6.42. The SMILES string of the molecule is CC1(C)CN(c2ccc(CO)nn2)CCS1. The summed E-state index contributed by atoms with van der Waals surface area (Å²) in [5, 5.41) is 17.0. The molecule has 1 aliphatic heterocycles. The second kappa shape index (κ2) is 4.59. The third-order valence-electron chi connectivity index (χ3n) is 2.62. The molecule has 0 aliphatic carbocycles. The molecule has 2 heterocycles. The molecule has 2 rings (SSSR count). The number of anilines is 1. The van der Waals surface area contributed by atoms with E-state index in [4.69, 9.17) is 5.11 Å². The van der Waals surface area contributed by atoms with E-state index in [0.717, 1.165) is 24.7 Å². The molecule has 4 nitrogen and oxygen atoms in total. The number of rotatable bonds is 2. The Labute approximate surface area is 100 Å². The van der Waals surface area contributed by atoms with Crippen molar-refractivity contribution in [1.82, 2.24) is 10.2 Å². The molecular weight excluding hydrogens is 222 g/mol. The molecule has 88 valence electrons. The van der Waals surface area contributed by atoms with Gasteiger partial charge in [-0.15, -0.1) is 5.10 Å². The van der Waals surface area contributed by atoms with Crippen molar-refractivity contribution >= 4 is 17.6 Å². The van der Waals surface area contributed by atoms with Crippen LogP contribution in [0.5, 0.6) is 0 Å². The lowest BCUT2D eigenvalue weighted by atomic mass is 10.2.